The molecule has 0 aliphatic rings. The quantitative estimate of drug-likeness (QED) is 0.483. The third-order valence-corrected chi connectivity index (χ3v) is 2.16. The molecule has 0 amide bonds. The predicted molar refractivity (Wildman–Crippen MR) is 62.2 cm³/mol. The number of anilines is 1. The number of terminal acetylenes is 1. The van der Waals surface area contributed by atoms with Crippen LogP contribution in [0.1, 0.15) is 10.4 Å². The highest BCUT2D eigenvalue weighted by Gasteiger charge is 2.18. The molecule has 1 N–H and O–H groups in total. The fraction of sp³-hybridized carbons (Fsp3) is 0.182. The van der Waals surface area contributed by atoms with Crippen molar-refractivity contribution in [2.45, 2.75) is 0 Å². The van der Waals surface area contributed by atoms with Crippen molar-refractivity contribution < 1.29 is 14.8 Å². The Morgan fingerprint density at radius 3 is 2.76 bits per heavy atom. The molecule has 6 heteroatoms. The van der Waals surface area contributed by atoms with Gasteiger partial charge in [-0.05, 0) is 12.1 Å². The lowest BCUT2D eigenvalue weighted by Crippen LogP contribution is -2.19. The lowest BCUT2D eigenvalue weighted by Gasteiger charge is -2.16. The van der Waals surface area contributed by atoms with Crippen molar-refractivity contribution >= 4 is 17.3 Å². The second kappa shape index (κ2) is 4.99. The van der Waals surface area contributed by atoms with Gasteiger partial charge < -0.3 is 10.0 Å². The number of nitro groups is 1. The summed E-state index contributed by atoms with van der Waals surface area (Å²) in [7, 11) is 1.56. The zero-order valence-electron chi connectivity index (χ0n) is 9.08. The molecule has 0 aliphatic carbocycles. The number of carboxylic acid groups (broad SMARTS) is 1. The van der Waals surface area contributed by atoms with Gasteiger partial charge in [-0.3, -0.25) is 10.1 Å². The highest BCUT2D eigenvalue weighted by atomic mass is 16.6. The lowest BCUT2D eigenvalue weighted by molar-refractivity contribution is -0.384. The van der Waals surface area contributed by atoms with Crippen LogP contribution in [-0.4, -0.2) is 29.6 Å². The van der Waals surface area contributed by atoms with Crippen LogP contribution < -0.4 is 4.90 Å². The largest absolute Gasteiger partial charge is 0.478 e. The molecule has 0 fully saturated rings. The van der Waals surface area contributed by atoms with Gasteiger partial charge in [0, 0.05) is 13.1 Å². The third kappa shape index (κ3) is 2.72. The molecule has 6 nitrogen and oxygen atoms in total. The van der Waals surface area contributed by atoms with Crippen LogP contribution in [0.4, 0.5) is 11.4 Å². The summed E-state index contributed by atoms with van der Waals surface area (Å²) in [6.45, 7) is 0.157. The van der Waals surface area contributed by atoms with Crippen LogP contribution in [0.15, 0.2) is 18.2 Å². The summed E-state index contributed by atoms with van der Waals surface area (Å²) in [5.41, 5.74) is -0.00456. The fourth-order valence-electron chi connectivity index (χ4n) is 1.34. The lowest BCUT2D eigenvalue weighted by atomic mass is 10.1. The number of aromatic carboxylic acids is 1. The number of hydrogen-bond acceptors (Lipinski definition) is 4. The minimum atomic E-state index is -1.14. The van der Waals surface area contributed by atoms with E-state index in [4.69, 9.17) is 11.5 Å². The fourth-order valence-corrected chi connectivity index (χ4v) is 1.34. The van der Waals surface area contributed by atoms with Gasteiger partial charge in [-0.15, -0.1) is 6.42 Å². The van der Waals surface area contributed by atoms with Crippen LogP contribution in [0.3, 0.4) is 0 Å². The van der Waals surface area contributed by atoms with E-state index in [9.17, 15) is 14.9 Å². The van der Waals surface area contributed by atoms with Gasteiger partial charge in [0.2, 0.25) is 0 Å². The van der Waals surface area contributed by atoms with E-state index in [1.165, 1.54) is 17.0 Å². The Morgan fingerprint density at radius 2 is 2.29 bits per heavy atom. The summed E-state index contributed by atoms with van der Waals surface area (Å²) in [5.74, 6) is 1.19. The second-order valence-corrected chi connectivity index (χ2v) is 3.33. The first-order valence-electron chi connectivity index (χ1n) is 4.63. The molecule has 0 aliphatic heterocycles. The molecule has 0 heterocycles. The smallest absolute Gasteiger partial charge is 0.335 e. The highest BCUT2D eigenvalue weighted by molar-refractivity contribution is 5.90. The summed E-state index contributed by atoms with van der Waals surface area (Å²) >= 11 is 0. The maximum absolute atomic E-state index is 10.8. The number of nitrogens with zero attached hydrogens (tertiary/aromatic N) is 2. The highest BCUT2D eigenvalue weighted by Crippen LogP contribution is 2.28. The number of rotatable bonds is 4. The summed E-state index contributed by atoms with van der Waals surface area (Å²) in [6.07, 6.45) is 5.11. The van der Waals surface area contributed by atoms with Crippen molar-refractivity contribution in [3.05, 3.63) is 33.9 Å². The SMILES string of the molecule is C#CCN(C)c1cc(C(=O)O)ccc1[N+](=O)[O-]. The molecule has 1 aromatic rings. The molecular weight excluding hydrogens is 224 g/mol. The Kier molecular flexibility index (Phi) is 3.67. The van der Waals surface area contributed by atoms with Crippen LogP contribution in [0.5, 0.6) is 0 Å². The van der Waals surface area contributed by atoms with Gasteiger partial charge in [0.1, 0.15) is 5.69 Å². The standard InChI is InChI=1S/C11H10N2O4/c1-3-6-12(2)10-7-8(11(14)15)4-5-9(10)13(16)17/h1,4-5,7H,6H2,2H3,(H,14,15). The van der Waals surface area contributed by atoms with Crippen LogP contribution in [0.2, 0.25) is 0 Å². The topological polar surface area (TPSA) is 83.7 Å². The minimum absolute atomic E-state index is 0.0190. The molecule has 0 saturated heterocycles. The zero-order chi connectivity index (χ0) is 13.0. The van der Waals surface area contributed by atoms with E-state index in [1.54, 1.807) is 7.05 Å². The molecule has 0 atom stereocenters. The first-order chi connectivity index (χ1) is 7.97. The maximum Gasteiger partial charge on any atom is 0.335 e. The normalized spacial score (nSPS) is 9.41. The number of carbonyl (C=O) groups is 1. The van der Waals surface area contributed by atoms with Crippen molar-refractivity contribution in [1.82, 2.24) is 0 Å². The van der Waals surface area contributed by atoms with Gasteiger partial charge in [0.05, 0.1) is 17.0 Å². The molecule has 0 radical (unpaired) electrons. The van der Waals surface area contributed by atoms with Crippen LogP contribution in [0, 0.1) is 22.5 Å². The molecule has 0 saturated carbocycles. The predicted octanol–water partition coefficient (Wildman–Crippen LogP) is 1.36. The molecule has 0 unspecified atom stereocenters. The maximum atomic E-state index is 10.8. The second-order valence-electron chi connectivity index (χ2n) is 3.33. The summed E-state index contributed by atoms with van der Waals surface area (Å²) in [5, 5.41) is 19.6. The Hall–Kier alpha value is -2.55. The number of carboxylic acids is 1. The molecule has 1 rings (SSSR count). The van der Waals surface area contributed by atoms with E-state index in [2.05, 4.69) is 5.92 Å². The molecule has 0 bridgehead atoms. The third-order valence-electron chi connectivity index (χ3n) is 2.16. The van der Waals surface area contributed by atoms with Gasteiger partial charge in [-0.1, -0.05) is 5.92 Å². The first kappa shape index (κ1) is 12.5. The van der Waals surface area contributed by atoms with E-state index >= 15 is 0 Å². The first-order valence-corrected chi connectivity index (χ1v) is 4.63. The zero-order valence-corrected chi connectivity index (χ0v) is 9.08. The monoisotopic (exact) mass is 234 g/mol. The van der Waals surface area contributed by atoms with E-state index in [1.807, 2.05) is 0 Å². The number of nitro benzene ring substituents is 1. The number of benzene rings is 1. The molecule has 0 aromatic heterocycles. The van der Waals surface area contributed by atoms with Crippen molar-refractivity contribution in [3.63, 3.8) is 0 Å². The summed E-state index contributed by atoms with van der Waals surface area (Å²) in [4.78, 5) is 22.5. The van der Waals surface area contributed by atoms with Crippen LogP contribution in [-0.2, 0) is 0 Å². The molecule has 88 valence electrons. The van der Waals surface area contributed by atoms with E-state index in [-0.39, 0.29) is 23.5 Å². The van der Waals surface area contributed by atoms with Crippen molar-refractivity contribution in [1.29, 1.82) is 0 Å². The van der Waals surface area contributed by atoms with E-state index in [0.717, 1.165) is 6.07 Å². The summed E-state index contributed by atoms with van der Waals surface area (Å²) < 4.78 is 0. The Labute approximate surface area is 97.6 Å². The molecular formula is C11H10N2O4. The van der Waals surface area contributed by atoms with Crippen molar-refractivity contribution in [3.8, 4) is 12.3 Å². The van der Waals surface area contributed by atoms with Crippen molar-refractivity contribution in [2.75, 3.05) is 18.5 Å². The van der Waals surface area contributed by atoms with E-state index in [0.29, 0.717) is 0 Å². The average molecular weight is 234 g/mol. The summed E-state index contributed by atoms with van der Waals surface area (Å²) in [6, 6.07) is 3.58. The molecule has 0 spiro atoms. The Bertz CT molecular complexity index is 505. The Balaban J connectivity index is 3.30. The van der Waals surface area contributed by atoms with Gasteiger partial charge in [-0.25, -0.2) is 4.79 Å². The van der Waals surface area contributed by atoms with Gasteiger partial charge >= 0.3 is 5.97 Å². The number of hydrogen-bond donors (Lipinski definition) is 1. The minimum Gasteiger partial charge on any atom is -0.478 e. The van der Waals surface area contributed by atoms with Crippen molar-refractivity contribution in [2.24, 2.45) is 0 Å². The van der Waals surface area contributed by atoms with E-state index < -0.39 is 10.9 Å². The average Bonchev–Trinajstić information content (AvgIpc) is 2.28. The van der Waals surface area contributed by atoms with Crippen LogP contribution >= 0.6 is 0 Å². The molecule has 1 aromatic carbocycles. The van der Waals surface area contributed by atoms with Gasteiger partial charge in [-0.2, -0.15) is 0 Å². The molecule has 17 heavy (non-hydrogen) atoms. The van der Waals surface area contributed by atoms with Crippen LogP contribution in [0.25, 0.3) is 0 Å². The Morgan fingerprint density at radius 1 is 1.65 bits per heavy atom. The van der Waals surface area contributed by atoms with Gasteiger partial charge in [0.25, 0.3) is 5.69 Å². The van der Waals surface area contributed by atoms with Gasteiger partial charge in [0.15, 0.2) is 0 Å².